The van der Waals surface area contributed by atoms with Crippen LogP contribution >= 0.6 is 0 Å². The van der Waals surface area contributed by atoms with Gasteiger partial charge >= 0.3 is 0 Å². The van der Waals surface area contributed by atoms with Crippen molar-refractivity contribution in [2.75, 3.05) is 0 Å². The lowest BCUT2D eigenvalue weighted by Crippen LogP contribution is -1.86. The van der Waals surface area contributed by atoms with Crippen molar-refractivity contribution in [1.82, 2.24) is 4.98 Å². The number of nitrogens with zero attached hydrogens (tertiary/aromatic N) is 1. The molecule has 0 bridgehead atoms. The second-order valence-electron chi connectivity index (χ2n) is 2.91. The van der Waals surface area contributed by atoms with Crippen molar-refractivity contribution in [1.29, 1.82) is 0 Å². The van der Waals surface area contributed by atoms with Crippen molar-refractivity contribution in [3.63, 3.8) is 0 Å². The molecule has 0 aliphatic heterocycles. The minimum atomic E-state index is -0.319. The quantitative estimate of drug-likeness (QED) is 0.819. The van der Waals surface area contributed by atoms with Crippen LogP contribution in [0.2, 0.25) is 0 Å². The lowest BCUT2D eigenvalue weighted by molar-refractivity contribution is 0.446. The second-order valence-corrected chi connectivity index (χ2v) is 2.91. The van der Waals surface area contributed by atoms with Crippen LogP contribution in [0.1, 0.15) is 0 Å². The molecule has 0 saturated carbocycles. The van der Waals surface area contributed by atoms with E-state index in [1.54, 1.807) is 0 Å². The summed E-state index contributed by atoms with van der Waals surface area (Å²) in [4.78, 5) is 3.83. The Kier molecular flexibility index (Phi) is 2.49. The standard InChI is InChI=1S/C11H8FNO2/c12-8-1-4-10(5-2-8)15-11-6-3-9(14)7-13-11/h1-7,14H. The van der Waals surface area contributed by atoms with Crippen LogP contribution in [0.5, 0.6) is 17.4 Å². The number of halogens is 1. The summed E-state index contributed by atoms with van der Waals surface area (Å²) in [5, 5.41) is 8.99. The van der Waals surface area contributed by atoms with Crippen LogP contribution in [0.3, 0.4) is 0 Å². The molecule has 0 aliphatic rings. The molecule has 1 aromatic carbocycles. The summed E-state index contributed by atoms with van der Waals surface area (Å²) in [7, 11) is 0. The minimum absolute atomic E-state index is 0.0708. The number of hydrogen-bond donors (Lipinski definition) is 1. The Hall–Kier alpha value is -2.10. The van der Waals surface area contributed by atoms with Crippen LogP contribution in [-0.4, -0.2) is 10.1 Å². The first-order chi connectivity index (χ1) is 7.24. The molecule has 1 N–H and O–H groups in total. The molecule has 0 atom stereocenters. The van der Waals surface area contributed by atoms with Gasteiger partial charge < -0.3 is 9.84 Å². The molecule has 0 amide bonds. The van der Waals surface area contributed by atoms with Crippen LogP contribution in [0.4, 0.5) is 4.39 Å². The van der Waals surface area contributed by atoms with Crippen LogP contribution in [0, 0.1) is 5.82 Å². The number of rotatable bonds is 2. The molecule has 4 heteroatoms. The van der Waals surface area contributed by atoms with E-state index >= 15 is 0 Å². The Bertz CT molecular complexity index is 396. The Morgan fingerprint density at radius 1 is 1.07 bits per heavy atom. The van der Waals surface area contributed by atoms with E-state index in [1.807, 2.05) is 0 Å². The number of aromatic nitrogens is 1. The van der Waals surface area contributed by atoms with Gasteiger partial charge in [-0.1, -0.05) is 0 Å². The van der Waals surface area contributed by atoms with Crippen molar-refractivity contribution >= 4 is 0 Å². The molecule has 0 aliphatic carbocycles. The Morgan fingerprint density at radius 2 is 1.80 bits per heavy atom. The molecule has 0 fully saturated rings. The molecule has 1 aromatic heterocycles. The van der Waals surface area contributed by atoms with Gasteiger partial charge in [-0.3, -0.25) is 0 Å². The van der Waals surface area contributed by atoms with Gasteiger partial charge in [-0.2, -0.15) is 0 Å². The van der Waals surface area contributed by atoms with Crippen LogP contribution < -0.4 is 4.74 Å². The maximum absolute atomic E-state index is 12.6. The maximum Gasteiger partial charge on any atom is 0.219 e. The van der Waals surface area contributed by atoms with Gasteiger partial charge in [0, 0.05) is 6.07 Å². The van der Waals surface area contributed by atoms with E-state index in [9.17, 15) is 4.39 Å². The summed E-state index contributed by atoms with van der Waals surface area (Å²) in [6.07, 6.45) is 1.28. The molecule has 2 aromatic rings. The van der Waals surface area contributed by atoms with Crippen molar-refractivity contribution in [3.05, 3.63) is 48.4 Å². The van der Waals surface area contributed by atoms with Gasteiger partial charge in [-0.15, -0.1) is 0 Å². The van der Waals surface area contributed by atoms with E-state index in [0.29, 0.717) is 11.6 Å². The predicted octanol–water partition coefficient (Wildman–Crippen LogP) is 2.72. The average Bonchev–Trinajstić information content (AvgIpc) is 2.25. The third-order valence-electron chi connectivity index (χ3n) is 1.76. The highest BCUT2D eigenvalue weighted by molar-refractivity contribution is 5.28. The highest BCUT2D eigenvalue weighted by Crippen LogP contribution is 2.20. The summed E-state index contributed by atoms with van der Waals surface area (Å²) < 4.78 is 17.9. The first-order valence-electron chi connectivity index (χ1n) is 4.32. The van der Waals surface area contributed by atoms with Crippen LogP contribution in [0.15, 0.2) is 42.6 Å². The van der Waals surface area contributed by atoms with Gasteiger partial charge in [0.2, 0.25) is 5.88 Å². The fraction of sp³-hybridized carbons (Fsp3) is 0. The highest BCUT2D eigenvalue weighted by Gasteiger charge is 1.98. The number of benzene rings is 1. The van der Waals surface area contributed by atoms with Crippen molar-refractivity contribution in [2.45, 2.75) is 0 Å². The van der Waals surface area contributed by atoms with E-state index in [2.05, 4.69) is 4.98 Å². The Labute approximate surface area is 85.8 Å². The Morgan fingerprint density at radius 3 is 2.40 bits per heavy atom. The van der Waals surface area contributed by atoms with E-state index < -0.39 is 0 Å². The van der Waals surface area contributed by atoms with Crippen LogP contribution in [0.25, 0.3) is 0 Å². The second kappa shape index (κ2) is 3.96. The summed E-state index contributed by atoms with van der Waals surface area (Å²) in [6.45, 7) is 0. The predicted molar refractivity (Wildman–Crippen MR) is 52.4 cm³/mol. The molecule has 3 nitrogen and oxygen atoms in total. The normalized spacial score (nSPS) is 9.93. The monoisotopic (exact) mass is 205 g/mol. The third kappa shape index (κ3) is 2.43. The molecule has 0 spiro atoms. The zero-order valence-corrected chi connectivity index (χ0v) is 7.72. The first kappa shape index (κ1) is 9.45. The molecule has 0 unspecified atom stereocenters. The smallest absolute Gasteiger partial charge is 0.219 e. The zero-order valence-electron chi connectivity index (χ0n) is 7.72. The fourth-order valence-corrected chi connectivity index (χ4v) is 1.06. The van der Waals surface area contributed by atoms with E-state index in [1.165, 1.54) is 42.6 Å². The number of aromatic hydroxyl groups is 1. The first-order valence-corrected chi connectivity index (χ1v) is 4.32. The van der Waals surface area contributed by atoms with Crippen molar-refractivity contribution < 1.29 is 14.2 Å². The summed E-state index contributed by atoms with van der Waals surface area (Å²) in [5.74, 6) is 0.594. The molecular formula is C11H8FNO2. The van der Waals surface area contributed by atoms with Gasteiger partial charge in [-0.25, -0.2) is 9.37 Å². The van der Waals surface area contributed by atoms with Crippen LogP contribution in [-0.2, 0) is 0 Å². The molecule has 15 heavy (non-hydrogen) atoms. The largest absolute Gasteiger partial charge is 0.506 e. The van der Waals surface area contributed by atoms with E-state index in [0.717, 1.165) is 0 Å². The van der Waals surface area contributed by atoms with Crippen molar-refractivity contribution in [3.8, 4) is 17.4 Å². The Balaban J connectivity index is 2.15. The van der Waals surface area contributed by atoms with E-state index in [-0.39, 0.29) is 11.6 Å². The topological polar surface area (TPSA) is 42.4 Å². The summed E-state index contributed by atoms with van der Waals surface area (Å²) >= 11 is 0. The zero-order chi connectivity index (χ0) is 10.7. The molecule has 2 rings (SSSR count). The number of hydrogen-bond acceptors (Lipinski definition) is 3. The SMILES string of the molecule is Oc1ccc(Oc2ccc(F)cc2)nc1. The molecule has 0 saturated heterocycles. The van der Waals surface area contributed by atoms with Gasteiger partial charge in [0.15, 0.2) is 0 Å². The highest BCUT2D eigenvalue weighted by atomic mass is 19.1. The molecule has 76 valence electrons. The molecule has 1 heterocycles. The molecule has 0 radical (unpaired) electrons. The minimum Gasteiger partial charge on any atom is -0.506 e. The summed E-state index contributed by atoms with van der Waals surface area (Å²) in [5.41, 5.74) is 0. The fourth-order valence-electron chi connectivity index (χ4n) is 1.06. The van der Waals surface area contributed by atoms with Gasteiger partial charge in [-0.05, 0) is 30.3 Å². The van der Waals surface area contributed by atoms with Gasteiger partial charge in [0.1, 0.15) is 17.3 Å². The van der Waals surface area contributed by atoms with Gasteiger partial charge in [0.05, 0.1) is 6.20 Å². The average molecular weight is 205 g/mol. The maximum atomic E-state index is 12.6. The number of pyridine rings is 1. The molecular weight excluding hydrogens is 197 g/mol. The van der Waals surface area contributed by atoms with Gasteiger partial charge in [0.25, 0.3) is 0 Å². The lowest BCUT2D eigenvalue weighted by atomic mass is 10.3. The number of ether oxygens (including phenoxy) is 1. The lowest BCUT2D eigenvalue weighted by Gasteiger charge is -2.03. The van der Waals surface area contributed by atoms with Crippen molar-refractivity contribution in [2.24, 2.45) is 0 Å². The third-order valence-corrected chi connectivity index (χ3v) is 1.76. The van der Waals surface area contributed by atoms with E-state index in [4.69, 9.17) is 9.84 Å². The summed E-state index contributed by atoms with van der Waals surface area (Å²) in [6, 6.07) is 8.60.